The largest absolute Gasteiger partial charge is 0.544 e. The van der Waals surface area contributed by atoms with Crippen molar-refractivity contribution < 1.29 is 9.16 Å². The van der Waals surface area contributed by atoms with Gasteiger partial charge in [-0.2, -0.15) is 0 Å². The fraction of sp³-hybridized carbons (Fsp3) is 0.565. The van der Waals surface area contributed by atoms with Crippen molar-refractivity contribution in [3.05, 3.63) is 54.1 Å². The minimum Gasteiger partial charge on any atom is -0.544 e. The van der Waals surface area contributed by atoms with Gasteiger partial charge in [0, 0.05) is 0 Å². The molecule has 26 heavy (non-hydrogen) atoms. The van der Waals surface area contributed by atoms with Crippen molar-refractivity contribution in [2.45, 2.75) is 83.7 Å². The van der Waals surface area contributed by atoms with E-state index in [0.29, 0.717) is 6.10 Å². The van der Waals surface area contributed by atoms with Crippen molar-refractivity contribution >= 4 is 8.32 Å². The molecule has 1 aliphatic rings. The van der Waals surface area contributed by atoms with E-state index in [4.69, 9.17) is 9.16 Å². The average Bonchev–Trinajstić information content (AvgIpc) is 2.56. The molecule has 2 atom stereocenters. The first-order valence-corrected chi connectivity index (χ1v) is 12.7. The molecule has 0 fully saturated rings. The minimum absolute atomic E-state index is 0.214. The second kappa shape index (κ2) is 8.58. The van der Waals surface area contributed by atoms with Gasteiger partial charge >= 0.3 is 0 Å². The second-order valence-corrected chi connectivity index (χ2v) is 13.7. The molecule has 1 aliphatic heterocycles. The summed E-state index contributed by atoms with van der Waals surface area (Å²) in [5.74, 6) is 0.999. The lowest BCUT2D eigenvalue weighted by atomic mass is 9.98. The Morgan fingerprint density at radius 1 is 1.23 bits per heavy atom. The Hall–Kier alpha value is -1.32. The molecule has 144 valence electrons. The minimum atomic E-state index is -1.77. The van der Waals surface area contributed by atoms with Crippen LogP contribution in [-0.2, 0) is 11.2 Å². The predicted octanol–water partition coefficient (Wildman–Crippen LogP) is 6.68. The van der Waals surface area contributed by atoms with Crippen molar-refractivity contribution in [2.24, 2.45) is 0 Å². The smallest absolute Gasteiger partial charge is 0.250 e. The molecule has 0 radical (unpaired) electrons. The van der Waals surface area contributed by atoms with E-state index < -0.39 is 8.32 Å². The van der Waals surface area contributed by atoms with Gasteiger partial charge in [-0.25, -0.2) is 0 Å². The van der Waals surface area contributed by atoms with E-state index in [-0.39, 0.29) is 11.1 Å². The molecule has 0 spiro atoms. The van der Waals surface area contributed by atoms with Crippen LogP contribution in [0.4, 0.5) is 0 Å². The first kappa shape index (κ1) is 21.0. The molecule has 2 nitrogen and oxygen atoms in total. The second-order valence-electron chi connectivity index (χ2n) is 9.00. The molecular weight excluding hydrogens is 336 g/mol. The summed E-state index contributed by atoms with van der Waals surface area (Å²) < 4.78 is 12.6. The number of hydrogen-bond acceptors (Lipinski definition) is 2. The Kier molecular flexibility index (Phi) is 6.92. The van der Waals surface area contributed by atoms with Crippen LogP contribution in [0.2, 0.25) is 18.1 Å². The molecule has 1 aromatic carbocycles. The van der Waals surface area contributed by atoms with Crippen LogP contribution < -0.4 is 4.43 Å². The summed E-state index contributed by atoms with van der Waals surface area (Å²) in [4.78, 5) is 0. The highest BCUT2D eigenvalue weighted by Gasteiger charge is 2.38. The van der Waals surface area contributed by atoms with Gasteiger partial charge in [0.25, 0.3) is 0 Å². The molecular formula is C23H36O2Si. The molecule has 0 bridgehead atoms. The molecule has 0 aliphatic carbocycles. The molecule has 0 saturated carbocycles. The van der Waals surface area contributed by atoms with E-state index in [2.05, 4.69) is 77.7 Å². The highest BCUT2D eigenvalue weighted by Crippen LogP contribution is 2.37. The van der Waals surface area contributed by atoms with E-state index in [0.717, 1.165) is 31.4 Å². The Labute approximate surface area is 161 Å². The third kappa shape index (κ3) is 5.59. The molecule has 0 aromatic heterocycles. The number of hydrogen-bond donors (Lipinski definition) is 0. The predicted molar refractivity (Wildman–Crippen MR) is 114 cm³/mol. The molecule has 2 rings (SSSR count). The van der Waals surface area contributed by atoms with Gasteiger partial charge in [0.05, 0.1) is 12.2 Å². The summed E-state index contributed by atoms with van der Waals surface area (Å²) in [6, 6.07) is 8.66. The maximum absolute atomic E-state index is 6.37. The summed E-state index contributed by atoms with van der Waals surface area (Å²) in [5, 5.41) is 0.220. The Balaban J connectivity index is 1.89. The zero-order valence-corrected chi connectivity index (χ0v) is 18.5. The van der Waals surface area contributed by atoms with E-state index in [1.807, 2.05) is 6.08 Å². The van der Waals surface area contributed by atoms with Gasteiger partial charge in [-0.15, -0.1) is 6.58 Å². The third-order valence-corrected chi connectivity index (χ3v) is 10.2. The number of benzene rings is 1. The maximum Gasteiger partial charge on any atom is 0.250 e. The van der Waals surface area contributed by atoms with Crippen LogP contribution in [0, 0.1) is 0 Å². The lowest BCUT2D eigenvalue weighted by Gasteiger charge is -2.36. The first-order valence-electron chi connectivity index (χ1n) is 9.83. The lowest BCUT2D eigenvalue weighted by molar-refractivity contribution is -0.00333. The van der Waals surface area contributed by atoms with Crippen molar-refractivity contribution in [2.75, 3.05) is 0 Å². The number of rotatable bonds is 7. The lowest BCUT2D eigenvalue weighted by Crippen LogP contribution is -2.43. The summed E-state index contributed by atoms with van der Waals surface area (Å²) >= 11 is 0. The van der Waals surface area contributed by atoms with Crippen molar-refractivity contribution in [3.63, 3.8) is 0 Å². The highest BCUT2D eigenvalue weighted by atomic mass is 28.4. The van der Waals surface area contributed by atoms with E-state index in [9.17, 15) is 0 Å². The number of aryl methyl sites for hydroxylation is 1. The van der Waals surface area contributed by atoms with Gasteiger partial charge in [0.2, 0.25) is 8.32 Å². The maximum atomic E-state index is 6.37. The zero-order chi connectivity index (χ0) is 19.4. The molecule has 1 aromatic rings. The van der Waals surface area contributed by atoms with Gasteiger partial charge in [0.1, 0.15) is 5.75 Å². The van der Waals surface area contributed by atoms with Crippen molar-refractivity contribution in [1.29, 1.82) is 0 Å². The summed E-state index contributed by atoms with van der Waals surface area (Å²) in [6.45, 7) is 17.4. The monoisotopic (exact) mass is 372 g/mol. The van der Waals surface area contributed by atoms with Crippen LogP contribution in [0.1, 0.15) is 52.5 Å². The van der Waals surface area contributed by atoms with Gasteiger partial charge in [-0.3, -0.25) is 0 Å². The van der Waals surface area contributed by atoms with Crippen LogP contribution in [0.25, 0.3) is 0 Å². The van der Waals surface area contributed by atoms with Gasteiger partial charge in [0.15, 0.2) is 0 Å². The fourth-order valence-corrected chi connectivity index (χ4v) is 3.95. The Morgan fingerprint density at radius 2 is 1.88 bits per heavy atom. The van der Waals surface area contributed by atoms with Gasteiger partial charge in [-0.05, 0) is 74.0 Å². The van der Waals surface area contributed by atoms with E-state index in [1.165, 1.54) is 11.1 Å². The molecule has 0 saturated heterocycles. The van der Waals surface area contributed by atoms with E-state index >= 15 is 0 Å². The van der Waals surface area contributed by atoms with E-state index in [1.54, 1.807) is 0 Å². The third-order valence-electron chi connectivity index (χ3n) is 5.81. The van der Waals surface area contributed by atoms with Crippen LogP contribution in [0.15, 0.2) is 48.6 Å². The van der Waals surface area contributed by atoms with Gasteiger partial charge < -0.3 is 9.16 Å². The molecule has 0 unspecified atom stereocenters. The van der Waals surface area contributed by atoms with Crippen LogP contribution in [0.5, 0.6) is 5.75 Å². The van der Waals surface area contributed by atoms with Crippen molar-refractivity contribution in [1.82, 2.24) is 0 Å². The first-order chi connectivity index (χ1) is 12.1. The van der Waals surface area contributed by atoms with Crippen LogP contribution in [-0.4, -0.2) is 20.5 Å². The Morgan fingerprint density at radius 3 is 2.46 bits per heavy atom. The molecule has 0 N–H and O–H groups in total. The molecule has 0 amide bonds. The summed E-state index contributed by atoms with van der Waals surface area (Å²) in [7, 11) is -1.77. The molecule has 3 heteroatoms. The van der Waals surface area contributed by atoms with Crippen molar-refractivity contribution in [3.8, 4) is 5.75 Å². The Bertz CT molecular complexity index is 623. The zero-order valence-electron chi connectivity index (χ0n) is 17.5. The summed E-state index contributed by atoms with van der Waals surface area (Å²) in [5.41, 5.74) is 2.69. The normalized spacial score (nSPS) is 21.2. The number of ether oxygens (including phenoxy) is 1. The highest BCUT2D eigenvalue weighted by molar-refractivity contribution is 6.74. The van der Waals surface area contributed by atoms with Crippen LogP contribution >= 0.6 is 0 Å². The standard InChI is InChI=1S/C23H36O2Si/c1-8-9-22-18(2)10-14-20(24-22)15-11-19-12-16-21(17-13-19)25-26(6,7)23(3,4)5/h8,10,12-13,16-17,20,22H,1,9,11,14-15H2,2-7H3/t20-,22+/m1/s1. The fourth-order valence-electron chi connectivity index (χ4n) is 2.92. The van der Waals surface area contributed by atoms with Gasteiger partial charge in [-0.1, -0.05) is 45.1 Å². The quantitative estimate of drug-likeness (QED) is 0.392. The summed E-state index contributed by atoms with van der Waals surface area (Å²) in [6.07, 6.45) is 8.82. The SMILES string of the molecule is C=CC[C@@H]1O[C@@H](CCc2ccc(O[Si](C)(C)C(C)(C)C)cc2)CC=C1C. The molecule has 1 heterocycles. The average molecular weight is 373 g/mol. The van der Waals surface area contributed by atoms with Crippen LogP contribution in [0.3, 0.4) is 0 Å². The topological polar surface area (TPSA) is 18.5 Å².